The Morgan fingerprint density at radius 1 is 0.976 bits per heavy atom. The first-order chi connectivity index (χ1) is 19.7. The standard InChI is InChI=1S/C31H39FN4O4S/c1-34-13-6-16-41(38,39)33-31(37)22-9-11-25-27(17-22)36-19-24(35(2)15-14-34)20-40-28-18-23(32)10-12-26(28)30(36)29(25)21-7-4-3-5-8-21/h9-12,17-18,21,24H,3-8,13-16,19-20H2,1-2H3,(H,33,37)/t24-/m1/s1. The molecule has 1 saturated carbocycles. The van der Waals surface area contributed by atoms with E-state index in [4.69, 9.17) is 4.74 Å². The molecule has 220 valence electrons. The molecule has 3 aromatic rings. The first-order valence-electron chi connectivity index (χ1n) is 14.7. The second-order valence-corrected chi connectivity index (χ2v) is 13.8. The molecule has 1 N–H and O–H groups in total. The average molecular weight is 583 g/mol. The molecule has 1 aliphatic carbocycles. The molecule has 1 fully saturated rings. The van der Waals surface area contributed by atoms with Gasteiger partial charge in [0.2, 0.25) is 10.0 Å². The lowest BCUT2D eigenvalue weighted by Gasteiger charge is -2.33. The molecule has 2 aliphatic heterocycles. The second kappa shape index (κ2) is 11.4. The summed E-state index contributed by atoms with van der Waals surface area (Å²) in [5.74, 6) is -0.212. The molecule has 0 spiro atoms. The topological polar surface area (TPSA) is 83.9 Å². The number of aromatic nitrogens is 1. The smallest absolute Gasteiger partial charge is 0.264 e. The Balaban J connectivity index is 1.59. The lowest BCUT2D eigenvalue weighted by atomic mass is 9.81. The predicted molar refractivity (Wildman–Crippen MR) is 158 cm³/mol. The molecule has 1 amide bonds. The maximum absolute atomic E-state index is 14.6. The number of halogens is 1. The van der Waals surface area contributed by atoms with Crippen LogP contribution in [0, 0.1) is 5.82 Å². The van der Waals surface area contributed by atoms with E-state index in [0.717, 1.165) is 60.9 Å². The first kappa shape index (κ1) is 28.2. The molecule has 41 heavy (non-hydrogen) atoms. The van der Waals surface area contributed by atoms with Gasteiger partial charge in [-0.25, -0.2) is 17.5 Å². The Morgan fingerprint density at radius 3 is 2.59 bits per heavy atom. The van der Waals surface area contributed by atoms with Gasteiger partial charge in [0, 0.05) is 47.7 Å². The van der Waals surface area contributed by atoms with Crippen LogP contribution in [-0.4, -0.2) is 80.8 Å². The molecule has 0 unspecified atom stereocenters. The van der Waals surface area contributed by atoms with Crippen molar-refractivity contribution in [2.75, 3.05) is 46.1 Å². The fraction of sp³-hybridized carbons (Fsp3) is 0.516. The van der Waals surface area contributed by atoms with E-state index in [1.54, 1.807) is 6.07 Å². The number of fused-ring (bicyclic) bond motifs is 4. The number of carbonyl (C=O) groups excluding carboxylic acids is 1. The zero-order chi connectivity index (χ0) is 28.7. The van der Waals surface area contributed by atoms with Gasteiger partial charge in [-0.1, -0.05) is 25.3 Å². The number of amides is 1. The van der Waals surface area contributed by atoms with Gasteiger partial charge in [-0.05, 0) is 75.6 Å². The summed E-state index contributed by atoms with van der Waals surface area (Å²) < 4.78 is 51.0. The number of hydrogen-bond donors (Lipinski definition) is 1. The van der Waals surface area contributed by atoms with E-state index >= 15 is 0 Å². The molecular formula is C31H39FN4O4S. The van der Waals surface area contributed by atoms with E-state index < -0.39 is 15.9 Å². The summed E-state index contributed by atoms with van der Waals surface area (Å²) in [7, 11) is 0.283. The maximum atomic E-state index is 14.6. The van der Waals surface area contributed by atoms with Gasteiger partial charge in [-0.2, -0.15) is 0 Å². The van der Waals surface area contributed by atoms with E-state index in [9.17, 15) is 17.6 Å². The van der Waals surface area contributed by atoms with Gasteiger partial charge < -0.3 is 14.2 Å². The number of ether oxygens (including phenoxy) is 1. The molecule has 0 radical (unpaired) electrons. The molecular weight excluding hydrogens is 543 g/mol. The van der Waals surface area contributed by atoms with E-state index in [-0.39, 0.29) is 17.6 Å². The highest BCUT2D eigenvalue weighted by Crippen LogP contribution is 2.47. The molecule has 3 aliphatic rings. The van der Waals surface area contributed by atoms with Crippen LogP contribution in [0.25, 0.3) is 22.2 Å². The third-order valence-electron chi connectivity index (χ3n) is 9.06. The zero-order valence-electron chi connectivity index (χ0n) is 23.9. The van der Waals surface area contributed by atoms with Crippen LogP contribution in [-0.2, 0) is 16.6 Å². The van der Waals surface area contributed by atoms with Crippen molar-refractivity contribution in [2.45, 2.75) is 57.0 Å². The number of nitrogens with zero attached hydrogens (tertiary/aromatic N) is 3. The Morgan fingerprint density at radius 2 is 1.78 bits per heavy atom. The van der Waals surface area contributed by atoms with Gasteiger partial charge in [-0.15, -0.1) is 0 Å². The number of hydrogen-bond acceptors (Lipinski definition) is 6. The van der Waals surface area contributed by atoms with Crippen molar-refractivity contribution in [2.24, 2.45) is 0 Å². The van der Waals surface area contributed by atoms with Crippen molar-refractivity contribution in [3.05, 3.63) is 53.3 Å². The van der Waals surface area contributed by atoms with Gasteiger partial charge in [0.15, 0.2) is 0 Å². The molecule has 3 heterocycles. The van der Waals surface area contributed by atoms with Gasteiger partial charge in [0.05, 0.1) is 17.5 Å². The Kier molecular flexibility index (Phi) is 7.82. The fourth-order valence-corrected chi connectivity index (χ4v) is 7.74. The SMILES string of the molecule is CN1CCCS(=O)(=O)NC(=O)c2ccc3c(C4CCCCC4)c4n(c3c2)C[C@H](COc2cc(F)ccc2-4)N(C)CC1. The zero-order valence-corrected chi connectivity index (χ0v) is 24.7. The van der Waals surface area contributed by atoms with Gasteiger partial charge >= 0.3 is 0 Å². The Bertz CT molecular complexity index is 1560. The molecule has 1 aromatic heterocycles. The van der Waals surface area contributed by atoms with Crippen molar-refractivity contribution in [1.82, 2.24) is 19.1 Å². The minimum Gasteiger partial charge on any atom is -0.491 e. The van der Waals surface area contributed by atoms with Gasteiger partial charge in [0.1, 0.15) is 18.2 Å². The van der Waals surface area contributed by atoms with Crippen molar-refractivity contribution >= 4 is 26.8 Å². The summed E-state index contributed by atoms with van der Waals surface area (Å²) in [5.41, 5.74) is 4.29. The molecule has 6 rings (SSSR count). The van der Waals surface area contributed by atoms with Crippen LogP contribution >= 0.6 is 0 Å². The third kappa shape index (κ3) is 5.74. The number of nitrogens with one attached hydrogen (secondary N) is 1. The Labute approximate surface area is 241 Å². The van der Waals surface area contributed by atoms with E-state index in [0.29, 0.717) is 43.3 Å². The molecule has 0 saturated heterocycles. The highest BCUT2D eigenvalue weighted by molar-refractivity contribution is 7.90. The normalized spacial score (nSPS) is 23.1. The predicted octanol–water partition coefficient (Wildman–Crippen LogP) is 4.58. The maximum Gasteiger partial charge on any atom is 0.264 e. The van der Waals surface area contributed by atoms with Crippen LogP contribution in [0.1, 0.15) is 60.4 Å². The summed E-state index contributed by atoms with van der Waals surface area (Å²) in [4.78, 5) is 17.6. The van der Waals surface area contributed by atoms with Crippen LogP contribution in [0.4, 0.5) is 4.39 Å². The molecule has 8 nitrogen and oxygen atoms in total. The second-order valence-electron chi connectivity index (χ2n) is 11.9. The highest BCUT2D eigenvalue weighted by atomic mass is 32.2. The molecule has 1 atom stereocenters. The monoisotopic (exact) mass is 582 g/mol. The fourth-order valence-electron chi connectivity index (χ4n) is 6.73. The summed E-state index contributed by atoms with van der Waals surface area (Å²) in [6, 6.07) is 10.3. The van der Waals surface area contributed by atoms with Crippen LogP contribution in [0.3, 0.4) is 0 Å². The number of benzene rings is 2. The van der Waals surface area contributed by atoms with Crippen LogP contribution in [0.15, 0.2) is 36.4 Å². The van der Waals surface area contributed by atoms with Crippen LogP contribution < -0.4 is 9.46 Å². The average Bonchev–Trinajstić information content (AvgIpc) is 3.25. The Hall–Kier alpha value is -2.95. The summed E-state index contributed by atoms with van der Waals surface area (Å²) in [6.45, 7) is 3.13. The molecule has 2 aromatic carbocycles. The third-order valence-corrected chi connectivity index (χ3v) is 10.4. The highest BCUT2D eigenvalue weighted by Gasteiger charge is 2.32. The van der Waals surface area contributed by atoms with Crippen LogP contribution in [0.2, 0.25) is 0 Å². The molecule has 10 heteroatoms. The van der Waals surface area contributed by atoms with E-state index in [1.165, 1.54) is 24.1 Å². The lowest BCUT2D eigenvalue weighted by Crippen LogP contribution is -2.44. The van der Waals surface area contributed by atoms with Crippen molar-refractivity contribution in [3.63, 3.8) is 0 Å². The number of rotatable bonds is 1. The van der Waals surface area contributed by atoms with Gasteiger partial charge in [-0.3, -0.25) is 9.69 Å². The van der Waals surface area contributed by atoms with Crippen molar-refractivity contribution in [3.8, 4) is 17.0 Å². The van der Waals surface area contributed by atoms with Crippen molar-refractivity contribution in [1.29, 1.82) is 0 Å². The van der Waals surface area contributed by atoms with Crippen LogP contribution in [0.5, 0.6) is 5.75 Å². The van der Waals surface area contributed by atoms with Crippen molar-refractivity contribution < 1.29 is 22.3 Å². The summed E-state index contributed by atoms with van der Waals surface area (Å²) in [6.07, 6.45) is 6.09. The number of sulfonamides is 1. The lowest BCUT2D eigenvalue weighted by molar-refractivity contribution is 0.0981. The number of carbonyl (C=O) groups is 1. The van der Waals surface area contributed by atoms with Gasteiger partial charge in [0.25, 0.3) is 5.91 Å². The molecule has 4 bridgehead atoms. The quantitative estimate of drug-likeness (QED) is 0.452. The summed E-state index contributed by atoms with van der Waals surface area (Å²) in [5, 5.41) is 1.06. The van der Waals surface area contributed by atoms with E-state index in [2.05, 4.69) is 26.1 Å². The van der Waals surface area contributed by atoms with E-state index in [1.807, 2.05) is 25.2 Å². The number of likely N-dealkylation sites (N-methyl/N-ethyl adjacent to an activating group) is 2. The largest absolute Gasteiger partial charge is 0.491 e. The first-order valence-corrected chi connectivity index (χ1v) is 16.4. The minimum atomic E-state index is -3.77. The summed E-state index contributed by atoms with van der Waals surface area (Å²) >= 11 is 0. The minimum absolute atomic E-state index is 0.000797.